The third-order valence-corrected chi connectivity index (χ3v) is 2.16. The van der Waals surface area contributed by atoms with Crippen molar-refractivity contribution in [3.8, 4) is 0 Å². The van der Waals surface area contributed by atoms with Gasteiger partial charge < -0.3 is 15.1 Å². The summed E-state index contributed by atoms with van der Waals surface area (Å²) in [6, 6.07) is 0. The van der Waals surface area contributed by atoms with Gasteiger partial charge in [0.2, 0.25) is 0 Å². The van der Waals surface area contributed by atoms with Gasteiger partial charge >= 0.3 is 0 Å². The first-order valence-corrected chi connectivity index (χ1v) is 7.05. The van der Waals surface area contributed by atoms with Crippen LogP contribution in [0.25, 0.3) is 0 Å². The van der Waals surface area contributed by atoms with Gasteiger partial charge in [0.1, 0.15) is 1.41 Å². The molecule has 17 heavy (non-hydrogen) atoms. The zero-order valence-corrected chi connectivity index (χ0v) is 13.6. The second-order valence-electron chi connectivity index (χ2n) is 3.76. The van der Waals surface area contributed by atoms with Crippen LogP contribution in [-0.2, 0) is 0 Å². The van der Waals surface area contributed by atoms with Crippen molar-refractivity contribution in [2.75, 3.05) is 54.4 Å². The van der Waals surface area contributed by atoms with E-state index in [1.807, 2.05) is 27.7 Å². The molecule has 0 atom stereocenters. The predicted molar refractivity (Wildman–Crippen MR) is 81.9 cm³/mol. The summed E-state index contributed by atoms with van der Waals surface area (Å²) in [4.78, 5) is 4.61. The molecule has 3 nitrogen and oxygen atoms in total. The zero-order valence-electron chi connectivity index (χ0n) is 14.6. The van der Waals surface area contributed by atoms with Crippen LogP contribution in [0.1, 0.15) is 40.5 Å². The van der Waals surface area contributed by atoms with E-state index in [0.29, 0.717) is 0 Å². The lowest BCUT2D eigenvalue weighted by atomic mass is 10.2. The molecular weight excluding hydrogens is 210 g/mol. The highest BCUT2D eigenvalue weighted by molar-refractivity contribution is 4.61. The van der Waals surface area contributed by atoms with Crippen molar-refractivity contribution in [2.24, 2.45) is 0 Å². The van der Waals surface area contributed by atoms with E-state index in [-0.39, 0.29) is 0 Å². The number of nitrogens with one attached hydrogen (secondary N) is 1. The molecule has 2 saturated heterocycles. The van der Waals surface area contributed by atoms with Crippen molar-refractivity contribution < 1.29 is 1.41 Å². The summed E-state index contributed by atoms with van der Waals surface area (Å²) in [5.74, 6) is 0. The van der Waals surface area contributed by atoms with Gasteiger partial charge in [-0.05, 0) is 67.2 Å². The average Bonchev–Trinajstić information content (AvgIpc) is 2.29. The summed E-state index contributed by atoms with van der Waals surface area (Å²) in [6.07, 6.45) is 2.83. The predicted octanol–water partition coefficient (Wildman–Crippen LogP) is 2.53. The normalized spacial score (nSPS) is 18.1. The van der Waals surface area contributed by atoms with E-state index >= 15 is 0 Å². The number of hydrogen-bond donors (Lipinski definition) is 1. The van der Waals surface area contributed by atoms with E-state index in [2.05, 4.69) is 23.9 Å². The van der Waals surface area contributed by atoms with Crippen LogP contribution in [0.15, 0.2) is 0 Å². The van der Waals surface area contributed by atoms with E-state index in [0.717, 1.165) is 0 Å². The van der Waals surface area contributed by atoms with E-state index in [9.17, 15) is 0 Å². The van der Waals surface area contributed by atoms with Crippen molar-refractivity contribution in [1.82, 2.24) is 15.1 Å². The Morgan fingerprint density at radius 2 is 0.882 bits per heavy atom. The molecule has 2 heterocycles. The van der Waals surface area contributed by atoms with Gasteiger partial charge in [-0.25, -0.2) is 0 Å². The molecule has 0 aromatic carbocycles. The molecular formula is C14H37N3. The number of rotatable bonds is 0. The van der Waals surface area contributed by atoms with Crippen LogP contribution < -0.4 is 5.31 Å². The van der Waals surface area contributed by atoms with Crippen LogP contribution in [0.3, 0.4) is 0 Å². The molecule has 2 aliphatic rings. The van der Waals surface area contributed by atoms with E-state index < -0.39 is 0 Å². The first-order valence-electron chi connectivity index (χ1n) is 7.50. The van der Waals surface area contributed by atoms with Gasteiger partial charge in [-0.15, -0.1) is 0 Å². The van der Waals surface area contributed by atoms with Gasteiger partial charge in [-0.2, -0.15) is 0 Å². The van der Waals surface area contributed by atoms with Gasteiger partial charge in [0.25, 0.3) is 0 Å². The molecule has 2 fully saturated rings. The van der Waals surface area contributed by atoms with Gasteiger partial charge in [0.05, 0.1) is 0 Å². The average molecular weight is 249 g/mol. The van der Waals surface area contributed by atoms with Crippen LogP contribution in [0, 0.1) is 0 Å². The number of nitrogens with zero attached hydrogens (tertiary/aromatic N) is 2. The summed E-state index contributed by atoms with van der Waals surface area (Å²) in [6.45, 7) is 13.3. The summed E-state index contributed by atoms with van der Waals surface area (Å²) in [7, 11) is 7.62. The number of likely N-dealkylation sites (tertiary alicyclic amines) is 2. The Balaban J connectivity index is -0.000000166. The van der Waals surface area contributed by atoms with Crippen molar-refractivity contribution in [3.63, 3.8) is 0 Å². The summed E-state index contributed by atoms with van der Waals surface area (Å²) in [5.41, 5.74) is 0. The van der Waals surface area contributed by atoms with Crippen molar-refractivity contribution in [1.29, 1.82) is 0 Å². The molecule has 0 unspecified atom stereocenters. The first kappa shape index (κ1) is 19.2. The molecule has 108 valence electrons. The second kappa shape index (κ2) is 21.2. The Morgan fingerprint density at radius 3 is 0.882 bits per heavy atom. The van der Waals surface area contributed by atoms with Gasteiger partial charge in [0, 0.05) is 0 Å². The zero-order chi connectivity index (χ0) is 15.0. The molecule has 2 aliphatic heterocycles. The van der Waals surface area contributed by atoms with Crippen LogP contribution in [-0.4, -0.2) is 64.2 Å². The molecule has 0 saturated carbocycles. The highest BCUT2D eigenvalue weighted by atomic mass is 15.1. The maximum absolute atomic E-state index is 6.42. The van der Waals surface area contributed by atoms with Crippen LogP contribution in [0.2, 0.25) is 1.41 Å². The minimum Gasteiger partial charge on any atom is -0.323 e. The summed E-state index contributed by atoms with van der Waals surface area (Å²) < 4.78 is 6.42. The largest absolute Gasteiger partial charge is 0.323 e. The highest BCUT2D eigenvalue weighted by Crippen LogP contribution is 1.98. The Bertz CT molecular complexity index is 109. The molecule has 0 aromatic rings. The lowest BCUT2D eigenvalue weighted by molar-refractivity contribution is 0.229. The maximum Gasteiger partial charge on any atom is 0.122 e. The lowest BCUT2D eigenvalue weighted by Crippen LogP contribution is -2.32. The third kappa shape index (κ3) is 21.7. The third-order valence-electron chi connectivity index (χ3n) is 2.16. The van der Waals surface area contributed by atoms with Crippen LogP contribution in [0.5, 0.6) is 0 Å². The van der Waals surface area contributed by atoms with E-state index in [1.54, 1.807) is 14.1 Å². The van der Waals surface area contributed by atoms with E-state index in [4.69, 9.17) is 1.41 Å². The fourth-order valence-corrected chi connectivity index (χ4v) is 0.949. The van der Waals surface area contributed by atoms with E-state index in [1.165, 1.54) is 44.3 Å². The Morgan fingerprint density at radius 1 is 0.765 bits per heavy atom. The minimum absolute atomic E-state index is 1.25. The van der Waals surface area contributed by atoms with Gasteiger partial charge in [-0.3, -0.25) is 0 Å². The maximum atomic E-state index is 6.42. The monoisotopic (exact) mass is 249 g/mol. The molecule has 1 N–H and O–H groups in total. The molecule has 0 bridgehead atoms. The summed E-state index contributed by atoms with van der Waals surface area (Å²) in [5, 5.41) is 1.25. The molecule has 0 aromatic heterocycles. The quantitative estimate of drug-likeness (QED) is 0.712. The fourth-order valence-electron chi connectivity index (χ4n) is 0.949. The topological polar surface area (TPSA) is 18.5 Å². The smallest absolute Gasteiger partial charge is 0.122 e. The van der Waals surface area contributed by atoms with Crippen molar-refractivity contribution >= 4 is 0 Å². The Hall–Kier alpha value is -0.120. The van der Waals surface area contributed by atoms with Crippen molar-refractivity contribution in [2.45, 2.75) is 40.5 Å². The van der Waals surface area contributed by atoms with Crippen LogP contribution >= 0.6 is 0 Å². The minimum atomic E-state index is 1.25. The van der Waals surface area contributed by atoms with Crippen molar-refractivity contribution in [3.05, 3.63) is 0 Å². The molecule has 0 radical (unpaired) electrons. The Labute approximate surface area is 112 Å². The SMILES string of the molecule is CC.CC.CN1CCC1.CN1CCC1.[3H]N(C)C. The molecule has 3 heteroatoms. The van der Waals surface area contributed by atoms with Gasteiger partial charge in [-0.1, -0.05) is 27.7 Å². The standard InChI is InChI=1S/2C4H9N.C2H7N.2C2H6/c2*1-5-3-2-4-5;1-3-2;2*1-2/h2*2-4H2,1H3;3H,1-2H3;2*1-2H3/i/hT. The van der Waals surface area contributed by atoms with Gasteiger partial charge in [0.15, 0.2) is 0 Å². The summed E-state index contributed by atoms with van der Waals surface area (Å²) >= 11 is 0. The lowest BCUT2D eigenvalue weighted by Gasteiger charge is -2.24. The first-order chi connectivity index (χ1) is 8.52. The molecule has 0 spiro atoms. The van der Waals surface area contributed by atoms with Crippen LogP contribution in [0.4, 0.5) is 0 Å². The number of hydrogen-bond acceptors (Lipinski definition) is 3. The highest BCUT2D eigenvalue weighted by Gasteiger charge is 2.05. The second-order valence-corrected chi connectivity index (χ2v) is 3.76. The molecule has 2 rings (SSSR count). The fraction of sp³-hybridized carbons (Fsp3) is 1.00. The molecule has 0 aliphatic carbocycles. The molecule has 0 amide bonds. The Kier molecular flexibility index (Phi) is 24.0.